The van der Waals surface area contributed by atoms with Crippen LogP contribution >= 0.6 is 11.6 Å². The Labute approximate surface area is 211 Å². The molecule has 0 saturated carbocycles. The van der Waals surface area contributed by atoms with Crippen LogP contribution in [0.1, 0.15) is 11.1 Å². The topological polar surface area (TPSA) is 81.8 Å². The predicted molar refractivity (Wildman–Crippen MR) is 144 cm³/mol. The Morgan fingerprint density at radius 3 is 2.29 bits per heavy atom. The number of hydrogen-bond acceptors (Lipinski definition) is 5. The van der Waals surface area contributed by atoms with Gasteiger partial charge in [0, 0.05) is 29.4 Å². The molecule has 2 N–H and O–H groups in total. The fourth-order valence-corrected chi connectivity index (χ4v) is 5.00. The summed E-state index contributed by atoms with van der Waals surface area (Å²) in [6.45, 7) is 0.938. The molecule has 1 amide bonds. The molecule has 35 heavy (non-hydrogen) atoms. The monoisotopic (exact) mass is 510 g/mol. The molecule has 0 fully saturated rings. The van der Waals surface area contributed by atoms with Crippen molar-refractivity contribution in [1.82, 2.24) is 4.90 Å². The van der Waals surface area contributed by atoms with Gasteiger partial charge in [0.25, 0.3) is 5.91 Å². The first kappa shape index (κ1) is 24.8. The lowest BCUT2D eigenvalue weighted by Crippen LogP contribution is -2.35. The highest BCUT2D eigenvalue weighted by Crippen LogP contribution is 2.38. The van der Waals surface area contributed by atoms with E-state index in [1.165, 1.54) is 10.6 Å². The van der Waals surface area contributed by atoms with Crippen molar-refractivity contribution < 1.29 is 13.2 Å². The number of nitrogens with zero attached hydrogens (tertiary/aromatic N) is 2. The first-order valence-electron chi connectivity index (χ1n) is 11.0. The van der Waals surface area contributed by atoms with Crippen LogP contribution in [0.2, 0.25) is 5.02 Å². The minimum Gasteiger partial charge on any atom is -0.354 e. The highest BCUT2D eigenvalue weighted by atomic mass is 35.5. The van der Waals surface area contributed by atoms with Gasteiger partial charge in [-0.3, -0.25) is 9.10 Å². The third-order valence-electron chi connectivity index (χ3n) is 5.61. The Kier molecular flexibility index (Phi) is 7.16. The van der Waals surface area contributed by atoms with Gasteiger partial charge in [0.1, 0.15) is 0 Å². The molecule has 0 radical (unpaired) electrons. The van der Waals surface area contributed by atoms with E-state index in [0.29, 0.717) is 40.8 Å². The van der Waals surface area contributed by atoms with Gasteiger partial charge >= 0.3 is 0 Å². The van der Waals surface area contributed by atoms with E-state index in [9.17, 15) is 13.2 Å². The summed E-state index contributed by atoms with van der Waals surface area (Å²) < 4.78 is 26.1. The zero-order valence-electron chi connectivity index (χ0n) is 19.7. The van der Waals surface area contributed by atoms with Gasteiger partial charge in [-0.15, -0.1) is 0 Å². The molecule has 0 saturated heterocycles. The van der Waals surface area contributed by atoms with Gasteiger partial charge in [-0.05, 0) is 56.1 Å². The highest BCUT2D eigenvalue weighted by Gasteiger charge is 2.28. The van der Waals surface area contributed by atoms with Crippen LogP contribution in [-0.2, 0) is 14.8 Å². The molecule has 1 aliphatic rings. The van der Waals surface area contributed by atoms with Gasteiger partial charge < -0.3 is 15.5 Å². The zero-order valence-corrected chi connectivity index (χ0v) is 21.3. The van der Waals surface area contributed by atoms with E-state index in [1.54, 1.807) is 24.3 Å². The predicted octanol–water partition coefficient (Wildman–Crippen LogP) is 4.60. The second kappa shape index (κ2) is 10.1. The number of amides is 1. The van der Waals surface area contributed by atoms with Crippen LogP contribution in [0.5, 0.6) is 0 Å². The van der Waals surface area contributed by atoms with Crippen LogP contribution in [0, 0.1) is 0 Å². The lowest BCUT2D eigenvalue weighted by atomic mass is 10.00. The smallest absolute Gasteiger partial charge is 0.258 e. The van der Waals surface area contributed by atoms with Crippen LogP contribution in [0.4, 0.5) is 17.1 Å². The highest BCUT2D eigenvalue weighted by molar-refractivity contribution is 7.92. The lowest BCUT2D eigenvalue weighted by molar-refractivity contribution is -0.110. The molecule has 7 nitrogen and oxygen atoms in total. The molecule has 0 atom stereocenters. The average Bonchev–Trinajstić information content (AvgIpc) is 3.12. The Morgan fingerprint density at radius 1 is 0.971 bits per heavy atom. The van der Waals surface area contributed by atoms with Gasteiger partial charge in [-0.25, -0.2) is 8.42 Å². The van der Waals surface area contributed by atoms with Gasteiger partial charge in [-0.1, -0.05) is 48.0 Å². The molecule has 1 heterocycles. The van der Waals surface area contributed by atoms with Gasteiger partial charge in [0.15, 0.2) is 0 Å². The number of hydrogen-bond donors (Lipinski definition) is 2. The second-order valence-corrected chi connectivity index (χ2v) is 10.9. The van der Waals surface area contributed by atoms with E-state index in [-0.39, 0.29) is 5.91 Å². The minimum atomic E-state index is -3.44. The quantitative estimate of drug-likeness (QED) is 0.433. The van der Waals surface area contributed by atoms with Crippen LogP contribution in [0.15, 0.2) is 72.8 Å². The van der Waals surface area contributed by atoms with Crippen molar-refractivity contribution in [2.75, 3.05) is 48.4 Å². The number of nitrogens with one attached hydrogen (secondary N) is 2. The molecule has 9 heteroatoms. The molecule has 4 rings (SSSR count). The summed E-state index contributed by atoms with van der Waals surface area (Å²) >= 11 is 6.12. The molecular weight excluding hydrogens is 484 g/mol. The Balaban J connectivity index is 1.72. The summed E-state index contributed by atoms with van der Waals surface area (Å²) in [6, 6.07) is 22.0. The summed E-state index contributed by atoms with van der Waals surface area (Å²) in [6.07, 6.45) is 1.20. The van der Waals surface area contributed by atoms with Crippen molar-refractivity contribution in [2.24, 2.45) is 0 Å². The van der Waals surface area contributed by atoms with Crippen molar-refractivity contribution in [3.63, 3.8) is 0 Å². The SMILES string of the molecule is CN(C)CCN(c1ccc(N/C(=C2\C(=O)Nc3cc(Cl)ccc32)c2ccccc2)cc1)S(C)(=O)=O. The summed E-state index contributed by atoms with van der Waals surface area (Å²) in [5.74, 6) is -0.225. The molecular formula is C26H27ClN4O3S. The normalized spacial score (nSPS) is 14.5. The van der Waals surface area contributed by atoms with Gasteiger partial charge in [0.05, 0.1) is 28.9 Å². The Hall–Kier alpha value is -3.33. The largest absolute Gasteiger partial charge is 0.354 e. The Bertz CT molecular complexity index is 1370. The van der Waals surface area contributed by atoms with E-state index in [1.807, 2.05) is 67.5 Å². The maximum absolute atomic E-state index is 13.0. The van der Waals surface area contributed by atoms with E-state index in [2.05, 4.69) is 10.6 Å². The number of anilines is 3. The number of likely N-dealkylation sites (N-methyl/N-ethyl adjacent to an activating group) is 1. The number of fused-ring (bicyclic) bond motifs is 1. The van der Waals surface area contributed by atoms with Crippen molar-refractivity contribution in [2.45, 2.75) is 0 Å². The molecule has 0 unspecified atom stereocenters. The average molecular weight is 511 g/mol. The Morgan fingerprint density at radius 2 is 1.66 bits per heavy atom. The maximum Gasteiger partial charge on any atom is 0.258 e. The van der Waals surface area contributed by atoms with Crippen LogP contribution < -0.4 is 14.9 Å². The number of benzene rings is 3. The molecule has 3 aromatic carbocycles. The van der Waals surface area contributed by atoms with Gasteiger partial charge in [-0.2, -0.15) is 0 Å². The number of carbonyl (C=O) groups is 1. The van der Waals surface area contributed by atoms with Crippen molar-refractivity contribution in [3.05, 3.63) is 88.9 Å². The van der Waals surface area contributed by atoms with E-state index >= 15 is 0 Å². The maximum atomic E-state index is 13.0. The summed E-state index contributed by atoms with van der Waals surface area (Å²) in [4.78, 5) is 14.9. The number of sulfonamides is 1. The first-order valence-corrected chi connectivity index (χ1v) is 13.3. The second-order valence-electron chi connectivity index (χ2n) is 8.57. The van der Waals surface area contributed by atoms with Crippen molar-refractivity contribution in [3.8, 4) is 0 Å². The molecule has 0 bridgehead atoms. The van der Waals surface area contributed by atoms with Crippen LogP contribution in [0.25, 0.3) is 11.3 Å². The summed E-state index contributed by atoms with van der Waals surface area (Å²) in [5, 5.41) is 6.82. The standard InChI is InChI=1S/C26H27ClN4O3S/c1-30(2)15-16-31(35(3,33)34)21-12-10-20(11-13-21)28-25(18-7-5-4-6-8-18)24-22-14-9-19(27)17-23(22)29-26(24)32/h4-14,17,28H,15-16H2,1-3H3,(H,29,32)/b25-24-. The minimum absolute atomic E-state index is 0.225. The van der Waals surface area contributed by atoms with Crippen LogP contribution in [-0.4, -0.2) is 52.7 Å². The fourth-order valence-electron chi connectivity index (χ4n) is 3.91. The fraction of sp³-hybridized carbons (Fsp3) is 0.192. The van der Waals surface area contributed by atoms with Crippen molar-refractivity contribution >= 4 is 55.9 Å². The number of halogens is 1. The van der Waals surface area contributed by atoms with E-state index in [4.69, 9.17) is 11.6 Å². The molecule has 1 aliphatic heterocycles. The lowest BCUT2D eigenvalue weighted by Gasteiger charge is -2.24. The van der Waals surface area contributed by atoms with E-state index < -0.39 is 10.0 Å². The zero-order chi connectivity index (χ0) is 25.2. The molecule has 0 spiro atoms. The van der Waals surface area contributed by atoms with Crippen LogP contribution in [0.3, 0.4) is 0 Å². The summed E-state index contributed by atoms with van der Waals surface area (Å²) in [5.41, 5.74) is 4.71. The third-order valence-corrected chi connectivity index (χ3v) is 7.04. The molecule has 0 aliphatic carbocycles. The third kappa shape index (κ3) is 5.67. The van der Waals surface area contributed by atoms with Gasteiger partial charge in [0.2, 0.25) is 10.0 Å². The van der Waals surface area contributed by atoms with E-state index in [0.717, 1.165) is 16.8 Å². The molecule has 3 aromatic rings. The number of rotatable bonds is 8. The summed E-state index contributed by atoms with van der Waals surface area (Å²) in [7, 11) is 0.364. The first-order chi connectivity index (χ1) is 16.6. The van der Waals surface area contributed by atoms with Crippen molar-refractivity contribution in [1.29, 1.82) is 0 Å². The molecule has 182 valence electrons. The molecule has 0 aromatic heterocycles. The number of carbonyl (C=O) groups excluding carboxylic acids is 1.